The number of fused-ring (bicyclic) bond motifs is 2. The third-order valence-electron chi connectivity index (χ3n) is 6.15. The highest BCUT2D eigenvalue weighted by Crippen LogP contribution is 2.55. The third kappa shape index (κ3) is 3.21. The van der Waals surface area contributed by atoms with E-state index in [0.29, 0.717) is 24.4 Å². The summed E-state index contributed by atoms with van der Waals surface area (Å²) in [6.07, 6.45) is 0. The standard InChI is InChI=1S/C26H23FN2O2S/c1-17-3-6-19(7-4-17)16-28-23-12-5-18(2)15-22(23)26(25(28)31)29(13-14-32-26)24(30)20-8-10-21(27)11-9-20/h3-12,15H,13-14,16H2,1-2H3. The summed E-state index contributed by atoms with van der Waals surface area (Å²) in [5.74, 6) is -0.0939. The fraction of sp³-hybridized carbons (Fsp3) is 0.231. The van der Waals surface area contributed by atoms with E-state index in [0.717, 1.165) is 27.9 Å². The van der Waals surface area contributed by atoms with Crippen LogP contribution >= 0.6 is 11.8 Å². The highest BCUT2D eigenvalue weighted by Gasteiger charge is 2.59. The van der Waals surface area contributed by atoms with Crippen LogP contribution < -0.4 is 4.90 Å². The molecule has 1 fully saturated rings. The van der Waals surface area contributed by atoms with Gasteiger partial charge in [-0.1, -0.05) is 47.5 Å². The van der Waals surface area contributed by atoms with E-state index < -0.39 is 10.7 Å². The van der Waals surface area contributed by atoms with Crippen LogP contribution in [0.3, 0.4) is 0 Å². The summed E-state index contributed by atoms with van der Waals surface area (Å²) in [6.45, 7) is 4.92. The number of nitrogens with zero attached hydrogens (tertiary/aromatic N) is 2. The van der Waals surface area contributed by atoms with Crippen molar-refractivity contribution in [2.75, 3.05) is 17.2 Å². The molecule has 0 aliphatic carbocycles. The Hall–Kier alpha value is -3.12. The van der Waals surface area contributed by atoms with Gasteiger partial charge in [-0.3, -0.25) is 9.59 Å². The van der Waals surface area contributed by atoms with Gasteiger partial charge >= 0.3 is 0 Å². The SMILES string of the molecule is Cc1ccc(CN2C(=O)C3(SCCN3C(=O)c3ccc(F)cc3)c3cc(C)ccc32)cc1. The van der Waals surface area contributed by atoms with Gasteiger partial charge in [0.1, 0.15) is 5.82 Å². The molecule has 3 aromatic rings. The van der Waals surface area contributed by atoms with E-state index in [1.165, 1.54) is 36.0 Å². The highest BCUT2D eigenvalue weighted by atomic mass is 32.2. The molecule has 2 aliphatic heterocycles. The number of carbonyl (C=O) groups is 2. The predicted octanol–water partition coefficient (Wildman–Crippen LogP) is 5.03. The summed E-state index contributed by atoms with van der Waals surface area (Å²) in [6, 6.07) is 19.7. The fourth-order valence-corrected chi connectivity index (χ4v) is 5.96. The van der Waals surface area contributed by atoms with Crippen molar-refractivity contribution in [1.82, 2.24) is 4.90 Å². The normalized spacial score (nSPS) is 19.7. The second-order valence-electron chi connectivity index (χ2n) is 8.35. The minimum atomic E-state index is -1.10. The van der Waals surface area contributed by atoms with Gasteiger partial charge in [-0.05, 0) is 49.7 Å². The Morgan fingerprint density at radius 2 is 1.69 bits per heavy atom. The van der Waals surface area contributed by atoms with E-state index in [2.05, 4.69) is 0 Å². The van der Waals surface area contributed by atoms with Crippen molar-refractivity contribution in [1.29, 1.82) is 0 Å². The van der Waals surface area contributed by atoms with Gasteiger partial charge in [0, 0.05) is 23.4 Å². The van der Waals surface area contributed by atoms with Crippen molar-refractivity contribution in [3.05, 3.63) is 100 Å². The second-order valence-corrected chi connectivity index (χ2v) is 9.64. The molecule has 6 heteroatoms. The predicted molar refractivity (Wildman–Crippen MR) is 125 cm³/mol. The van der Waals surface area contributed by atoms with Crippen molar-refractivity contribution >= 4 is 29.3 Å². The number of rotatable bonds is 3. The van der Waals surface area contributed by atoms with Crippen LogP contribution in [0.15, 0.2) is 66.7 Å². The van der Waals surface area contributed by atoms with Crippen LogP contribution in [0.5, 0.6) is 0 Å². The lowest BCUT2D eigenvalue weighted by atomic mass is 10.0. The molecule has 2 heterocycles. The van der Waals surface area contributed by atoms with Crippen LogP contribution in [-0.2, 0) is 16.2 Å². The maximum atomic E-state index is 14.0. The average Bonchev–Trinajstić information content (AvgIpc) is 3.32. The average molecular weight is 447 g/mol. The monoisotopic (exact) mass is 446 g/mol. The molecule has 0 aromatic heterocycles. The van der Waals surface area contributed by atoms with Gasteiger partial charge in [0.2, 0.25) is 0 Å². The topological polar surface area (TPSA) is 40.6 Å². The zero-order valence-corrected chi connectivity index (χ0v) is 18.8. The number of halogens is 1. The van der Waals surface area contributed by atoms with Gasteiger partial charge in [0.15, 0.2) is 4.87 Å². The minimum absolute atomic E-state index is 0.100. The van der Waals surface area contributed by atoms with Gasteiger partial charge in [0.25, 0.3) is 11.8 Å². The number of hydrogen-bond donors (Lipinski definition) is 0. The Kier molecular flexibility index (Phi) is 5.05. The second kappa shape index (κ2) is 7.78. The Morgan fingerprint density at radius 3 is 2.41 bits per heavy atom. The Balaban J connectivity index is 1.58. The van der Waals surface area contributed by atoms with Crippen LogP contribution in [0.4, 0.5) is 10.1 Å². The van der Waals surface area contributed by atoms with Crippen molar-refractivity contribution in [3.8, 4) is 0 Å². The van der Waals surface area contributed by atoms with E-state index >= 15 is 0 Å². The van der Waals surface area contributed by atoms with Crippen molar-refractivity contribution in [2.24, 2.45) is 0 Å². The van der Waals surface area contributed by atoms with E-state index in [-0.39, 0.29) is 11.8 Å². The lowest BCUT2D eigenvalue weighted by Crippen LogP contribution is -2.50. The van der Waals surface area contributed by atoms with Crippen LogP contribution in [0.2, 0.25) is 0 Å². The molecule has 0 bridgehead atoms. The molecule has 3 aromatic carbocycles. The van der Waals surface area contributed by atoms with Crippen molar-refractivity contribution < 1.29 is 14.0 Å². The first kappa shape index (κ1) is 20.8. The van der Waals surface area contributed by atoms with Gasteiger partial charge < -0.3 is 9.80 Å². The molecule has 2 aliphatic rings. The lowest BCUT2D eigenvalue weighted by molar-refractivity contribution is -0.123. The molecular weight excluding hydrogens is 423 g/mol. The van der Waals surface area contributed by atoms with E-state index in [4.69, 9.17) is 0 Å². The Labute approximate surface area is 191 Å². The molecule has 2 amide bonds. The third-order valence-corrected chi connectivity index (χ3v) is 7.57. The number of anilines is 1. The maximum absolute atomic E-state index is 14.0. The van der Waals surface area contributed by atoms with Crippen LogP contribution in [0.25, 0.3) is 0 Å². The van der Waals surface area contributed by atoms with Gasteiger partial charge in [-0.25, -0.2) is 4.39 Å². The molecule has 1 unspecified atom stereocenters. The van der Waals surface area contributed by atoms with E-state index in [1.54, 1.807) is 9.80 Å². The van der Waals surface area contributed by atoms with Crippen LogP contribution in [0, 0.1) is 19.7 Å². The lowest BCUT2D eigenvalue weighted by Gasteiger charge is -2.33. The number of amides is 2. The summed E-state index contributed by atoms with van der Waals surface area (Å²) in [5, 5.41) is 0. The smallest absolute Gasteiger partial charge is 0.268 e. The quantitative estimate of drug-likeness (QED) is 0.567. The summed E-state index contributed by atoms with van der Waals surface area (Å²) in [7, 11) is 0. The first-order valence-electron chi connectivity index (χ1n) is 10.6. The van der Waals surface area contributed by atoms with Crippen LogP contribution in [0.1, 0.15) is 32.6 Å². The Bertz CT molecular complexity index is 1210. The number of hydrogen-bond acceptors (Lipinski definition) is 3. The van der Waals surface area contributed by atoms with Crippen molar-refractivity contribution in [3.63, 3.8) is 0 Å². The summed E-state index contributed by atoms with van der Waals surface area (Å²) < 4.78 is 13.4. The molecule has 0 radical (unpaired) electrons. The van der Waals surface area contributed by atoms with E-state index in [9.17, 15) is 14.0 Å². The zero-order chi connectivity index (χ0) is 22.5. The molecule has 5 rings (SSSR count). The first-order valence-corrected chi connectivity index (χ1v) is 11.6. The first-order chi connectivity index (χ1) is 15.4. The van der Waals surface area contributed by atoms with E-state index in [1.807, 2.05) is 56.3 Å². The van der Waals surface area contributed by atoms with Crippen molar-refractivity contribution in [2.45, 2.75) is 25.3 Å². The Morgan fingerprint density at radius 1 is 1.00 bits per heavy atom. The largest absolute Gasteiger partial charge is 0.311 e. The molecule has 32 heavy (non-hydrogen) atoms. The number of benzene rings is 3. The van der Waals surface area contributed by atoms with Gasteiger partial charge in [-0.2, -0.15) is 0 Å². The minimum Gasteiger partial charge on any atom is -0.311 e. The van der Waals surface area contributed by atoms with Crippen LogP contribution in [-0.4, -0.2) is 29.0 Å². The molecule has 1 saturated heterocycles. The summed E-state index contributed by atoms with van der Waals surface area (Å²) >= 11 is 1.50. The highest BCUT2D eigenvalue weighted by molar-refractivity contribution is 8.01. The molecule has 162 valence electrons. The fourth-order valence-electron chi connectivity index (χ4n) is 4.51. The number of thioether (sulfide) groups is 1. The summed E-state index contributed by atoms with van der Waals surface area (Å²) in [5.41, 5.74) is 5.31. The van der Waals surface area contributed by atoms with Gasteiger partial charge in [0.05, 0.1) is 12.2 Å². The molecule has 1 spiro atoms. The zero-order valence-electron chi connectivity index (χ0n) is 18.0. The molecule has 0 N–H and O–H groups in total. The molecular formula is C26H23FN2O2S. The van der Waals surface area contributed by atoms with Gasteiger partial charge in [-0.15, -0.1) is 11.8 Å². The molecule has 0 saturated carbocycles. The summed E-state index contributed by atoms with van der Waals surface area (Å²) in [4.78, 5) is 29.9. The maximum Gasteiger partial charge on any atom is 0.268 e. The number of aryl methyl sites for hydroxylation is 2. The molecule has 1 atom stereocenters. The molecule has 4 nitrogen and oxygen atoms in total. The number of carbonyl (C=O) groups excluding carboxylic acids is 2.